The number of hydrogen-bond acceptors (Lipinski definition) is 5. The van der Waals surface area contributed by atoms with Crippen LogP contribution in [0.5, 0.6) is 17.2 Å². The minimum Gasteiger partial charge on any atom is -0.496 e. The van der Waals surface area contributed by atoms with Crippen LogP contribution in [0.25, 0.3) is 0 Å². The van der Waals surface area contributed by atoms with Gasteiger partial charge in [-0.25, -0.2) is 0 Å². The third kappa shape index (κ3) is 2.23. The Kier molecular flexibility index (Phi) is 3.27. The molecule has 0 spiro atoms. The lowest BCUT2D eigenvalue weighted by atomic mass is 9.98. The molecule has 0 bridgehead atoms. The van der Waals surface area contributed by atoms with Crippen LogP contribution in [0.4, 0.5) is 11.4 Å². The standard InChI is InChI=1S/C17H18N2O3/c1-20-15-5-3-14(13-9-18-7-6-12(13)15)19-11-2-4-16-17(8-11)22-10-21-16/h2-5,8,18-19H,6-7,9-10H2,1H3. The predicted octanol–water partition coefficient (Wildman–Crippen LogP) is 2.81. The summed E-state index contributed by atoms with van der Waals surface area (Å²) in [5.74, 6) is 2.54. The number of hydrogen-bond donors (Lipinski definition) is 2. The van der Waals surface area contributed by atoms with E-state index < -0.39 is 0 Å². The summed E-state index contributed by atoms with van der Waals surface area (Å²) in [5.41, 5.74) is 4.64. The molecule has 0 amide bonds. The van der Waals surface area contributed by atoms with E-state index in [1.165, 1.54) is 11.1 Å². The maximum absolute atomic E-state index is 5.49. The molecular formula is C17H18N2O3. The van der Waals surface area contributed by atoms with Crippen LogP contribution in [0.1, 0.15) is 11.1 Å². The third-order valence-electron chi connectivity index (χ3n) is 4.11. The lowest BCUT2D eigenvalue weighted by molar-refractivity contribution is 0.174. The lowest BCUT2D eigenvalue weighted by Crippen LogP contribution is -2.25. The van der Waals surface area contributed by atoms with Gasteiger partial charge in [0.1, 0.15) is 5.75 Å². The van der Waals surface area contributed by atoms with E-state index >= 15 is 0 Å². The Morgan fingerprint density at radius 3 is 2.91 bits per heavy atom. The summed E-state index contributed by atoms with van der Waals surface area (Å²) < 4.78 is 16.3. The van der Waals surface area contributed by atoms with E-state index in [-0.39, 0.29) is 0 Å². The SMILES string of the molecule is COc1ccc(Nc2ccc3c(c2)OCO3)c2c1CCNC2. The number of fused-ring (bicyclic) bond motifs is 2. The molecule has 0 saturated heterocycles. The van der Waals surface area contributed by atoms with Crippen LogP contribution >= 0.6 is 0 Å². The smallest absolute Gasteiger partial charge is 0.231 e. The van der Waals surface area contributed by atoms with Gasteiger partial charge in [0.15, 0.2) is 11.5 Å². The molecule has 22 heavy (non-hydrogen) atoms. The lowest BCUT2D eigenvalue weighted by Gasteiger charge is -2.23. The summed E-state index contributed by atoms with van der Waals surface area (Å²) in [5, 5.41) is 6.90. The van der Waals surface area contributed by atoms with Crippen LogP contribution < -0.4 is 24.8 Å². The van der Waals surface area contributed by atoms with Crippen LogP contribution in [0, 0.1) is 0 Å². The molecule has 4 rings (SSSR count). The van der Waals surface area contributed by atoms with Gasteiger partial charge in [-0.2, -0.15) is 0 Å². The molecule has 0 unspecified atom stereocenters. The Bertz CT molecular complexity index is 715. The van der Waals surface area contributed by atoms with Crippen molar-refractivity contribution in [3.63, 3.8) is 0 Å². The first-order valence-corrected chi connectivity index (χ1v) is 7.41. The normalized spacial score (nSPS) is 15.3. The molecular weight excluding hydrogens is 280 g/mol. The fourth-order valence-corrected chi connectivity index (χ4v) is 3.01. The van der Waals surface area contributed by atoms with E-state index in [2.05, 4.69) is 16.7 Å². The molecule has 0 aliphatic carbocycles. The van der Waals surface area contributed by atoms with Crippen LogP contribution in [-0.2, 0) is 13.0 Å². The van der Waals surface area contributed by atoms with Crippen molar-refractivity contribution < 1.29 is 14.2 Å². The Morgan fingerprint density at radius 1 is 1.09 bits per heavy atom. The zero-order chi connectivity index (χ0) is 14.9. The van der Waals surface area contributed by atoms with Gasteiger partial charge in [-0.05, 0) is 42.8 Å². The largest absolute Gasteiger partial charge is 0.496 e. The second-order valence-corrected chi connectivity index (χ2v) is 5.39. The Labute approximate surface area is 129 Å². The van der Waals surface area contributed by atoms with Gasteiger partial charge in [-0.1, -0.05) is 0 Å². The molecule has 2 aromatic rings. The van der Waals surface area contributed by atoms with Crippen LogP contribution in [0.3, 0.4) is 0 Å². The van der Waals surface area contributed by atoms with Crippen molar-refractivity contribution in [1.29, 1.82) is 0 Å². The molecule has 0 radical (unpaired) electrons. The first kappa shape index (κ1) is 13.3. The summed E-state index contributed by atoms with van der Waals surface area (Å²) in [6, 6.07) is 9.99. The van der Waals surface area contributed by atoms with Crippen LogP contribution in [0.2, 0.25) is 0 Å². The van der Waals surface area contributed by atoms with E-state index in [4.69, 9.17) is 14.2 Å². The van der Waals surface area contributed by atoms with Gasteiger partial charge in [-0.3, -0.25) is 0 Å². The van der Waals surface area contributed by atoms with E-state index in [1.54, 1.807) is 7.11 Å². The molecule has 2 aromatic carbocycles. The van der Waals surface area contributed by atoms with Crippen LogP contribution in [0.15, 0.2) is 30.3 Å². The molecule has 0 aromatic heterocycles. The van der Waals surface area contributed by atoms with Crippen molar-refractivity contribution in [1.82, 2.24) is 5.32 Å². The quantitative estimate of drug-likeness (QED) is 0.912. The monoisotopic (exact) mass is 298 g/mol. The summed E-state index contributed by atoms with van der Waals surface area (Å²) in [7, 11) is 1.72. The fraction of sp³-hybridized carbons (Fsp3) is 0.294. The highest BCUT2D eigenvalue weighted by Gasteiger charge is 2.18. The van der Waals surface area contributed by atoms with Crippen molar-refractivity contribution in [3.05, 3.63) is 41.5 Å². The van der Waals surface area contributed by atoms with E-state index in [1.807, 2.05) is 24.3 Å². The van der Waals surface area contributed by atoms with Crippen molar-refractivity contribution in [2.24, 2.45) is 0 Å². The molecule has 2 aliphatic heterocycles. The number of nitrogens with one attached hydrogen (secondary N) is 2. The van der Waals surface area contributed by atoms with Gasteiger partial charge >= 0.3 is 0 Å². The van der Waals surface area contributed by atoms with E-state index in [9.17, 15) is 0 Å². The average Bonchev–Trinajstić information content (AvgIpc) is 3.03. The summed E-state index contributed by atoms with van der Waals surface area (Å²) >= 11 is 0. The summed E-state index contributed by atoms with van der Waals surface area (Å²) in [6.45, 7) is 2.12. The number of methoxy groups -OCH3 is 1. The zero-order valence-corrected chi connectivity index (χ0v) is 12.4. The minimum absolute atomic E-state index is 0.292. The summed E-state index contributed by atoms with van der Waals surface area (Å²) in [6.07, 6.45) is 0.981. The number of benzene rings is 2. The summed E-state index contributed by atoms with van der Waals surface area (Å²) in [4.78, 5) is 0. The molecule has 2 heterocycles. The minimum atomic E-state index is 0.292. The third-order valence-corrected chi connectivity index (χ3v) is 4.11. The predicted molar refractivity (Wildman–Crippen MR) is 84.3 cm³/mol. The Morgan fingerprint density at radius 2 is 2.00 bits per heavy atom. The van der Waals surface area contributed by atoms with E-state index in [0.29, 0.717) is 6.79 Å². The van der Waals surface area contributed by atoms with Crippen molar-refractivity contribution in [2.75, 3.05) is 25.8 Å². The molecule has 0 saturated carbocycles. The molecule has 5 heteroatoms. The zero-order valence-electron chi connectivity index (χ0n) is 12.4. The van der Waals surface area contributed by atoms with Gasteiger partial charge in [0.2, 0.25) is 6.79 Å². The maximum Gasteiger partial charge on any atom is 0.231 e. The highest BCUT2D eigenvalue weighted by molar-refractivity contribution is 5.69. The van der Waals surface area contributed by atoms with Gasteiger partial charge in [0, 0.05) is 29.5 Å². The Hall–Kier alpha value is -2.40. The topological polar surface area (TPSA) is 51.8 Å². The Balaban J connectivity index is 1.68. The first-order valence-electron chi connectivity index (χ1n) is 7.41. The highest BCUT2D eigenvalue weighted by Crippen LogP contribution is 2.37. The second kappa shape index (κ2) is 5.42. The van der Waals surface area contributed by atoms with Gasteiger partial charge in [-0.15, -0.1) is 0 Å². The van der Waals surface area contributed by atoms with Crippen molar-refractivity contribution in [2.45, 2.75) is 13.0 Å². The average molecular weight is 298 g/mol. The molecule has 114 valence electrons. The maximum atomic E-state index is 5.49. The van der Waals surface area contributed by atoms with Gasteiger partial charge < -0.3 is 24.8 Å². The highest BCUT2D eigenvalue weighted by atomic mass is 16.7. The molecule has 0 fully saturated rings. The number of anilines is 2. The van der Waals surface area contributed by atoms with Crippen molar-refractivity contribution >= 4 is 11.4 Å². The molecule has 0 atom stereocenters. The van der Waals surface area contributed by atoms with Gasteiger partial charge in [0.25, 0.3) is 0 Å². The second-order valence-electron chi connectivity index (χ2n) is 5.39. The van der Waals surface area contributed by atoms with E-state index in [0.717, 1.165) is 48.1 Å². The molecule has 2 N–H and O–H groups in total. The first-order chi connectivity index (χ1) is 10.8. The molecule has 2 aliphatic rings. The number of ether oxygens (including phenoxy) is 3. The van der Waals surface area contributed by atoms with Crippen LogP contribution in [-0.4, -0.2) is 20.4 Å². The van der Waals surface area contributed by atoms with Crippen molar-refractivity contribution in [3.8, 4) is 17.2 Å². The fourth-order valence-electron chi connectivity index (χ4n) is 3.01. The van der Waals surface area contributed by atoms with Gasteiger partial charge in [0.05, 0.1) is 7.11 Å². The number of rotatable bonds is 3. The molecule has 5 nitrogen and oxygen atoms in total.